The first kappa shape index (κ1) is 14.5. The fourth-order valence-electron chi connectivity index (χ4n) is 3.00. The van der Waals surface area contributed by atoms with E-state index in [-0.39, 0.29) is 23.8 Å². The van der Waals surface area contributed by atoms with E-state index in [1.165, 1.54) is 0 Å². The Morgan fingerprint density at radius 1 is 1.48 bits per heavy atom. The van der Waals surface area contributed by atoms with Crippen LogP contribution in [0.15, 0.2) is 17.5 Å². The van der Waals surface area contributed by atoms with Gasteiger partial charge in [-0.05, 0) is 18.4 Å². The van der Waals surface area contributed by atoms with Gasteiger partial charge in [0.05, 0.1) is 19.1 Å². The zero-order valence-corrected chi connectivity index (χ0v) is 13.0. The Morgan fingerprint density at radius 3 is 3.00 bits per heavy atom. The molecular formula is C15H20N2O3S. The molecule has 0 aliphatic carbocycles. The molecular weight excluding hydrogens is 288 g/mol. The molecule has 21 heavy (non-hydrogen) atoms. The van der Waals surface area contributed by atoms with Crippen LogP contribution in [0.5, 0.6) is 0 Å². The summed E-state index contributed by atoms with van der Waals surface area (Å²) in [5.41, 5.74) is 0. The van der Waals surface area contributed by atoms with Gasteiger partial charge in [-0.1, -0.05) is 6.07 Å². The fraction of sp³-hybridized carbons (Fsp3) is 0.600. The number of ether oxygens (including phenoxy) is 1. The second kappa shape index (κ2) is 6.15. The summed E-state index contributed by atoms with van der Waals surface area (Å²) >= 11 is 1.65. The van der Waals surface area contributed by atoms with Crippen LogP contribution in [0.25, 0.3) is 0 Å². The molecule has 0 unspecified atom stereocenters. The average molecular weight is 308 g/mol. The molecule has 2 aliphatic heterocycles. The van der Waals surface area contributed by atoms with Gasteiger partial charge in [-0.3, -0.25) is 9.59 Å². The Hall–Kier alpha value is -1.40. The Balaban J connectivity index is 1.64. The lowest BCUT2D eigenvalue weighted by Crippen LogP contribution is -2.45. The van der Waals surface area contributed by atoms with Crippen LogP contribution in [-0.2, 0) is 14.3 Å². The normalized spacial score (nSPS) is 26.4. The van der Waals surface area contributed by atoms with Crippen molar-refractivity contribution < 1.29 is 14.3 Å². The topological polar surface area (TPSA) is 49.9 Å². The van der Waals surface area contributed by atoms with Crippen molar-refractivity contribution in [2.75, 3.05) is 32.8 Å². The highest BCUT2D eigenvalue weighted by Gasteiger charge is 2.37. The van der Waals surface area contributed by atoms with Crippen LogP contribution in [0.4, 0.5) is 0 Å². The van der Waals surface area contributed by atoms with Gasteiger partial charge in [0.1, 0.15) is 6.10 Å². The number of rotatable bonds is 3. The highest BCUT2D eigenvalue weighted by molar-refractivity contribution is 7.10. The Bertz CT molecular complexity index is 517. The Kier molecular flexibility index (Phi) is 4.26. The second-order valence-corrected chi connectivity index (χ2v) is 6.47. The van der Waals surface area contributed by atoms with E-state index in [4.69, 9.17) is 4.74 Å². The molecule has 3 rings (SSSR count). The monoisotopic (exact) mass is 308 g/mol. The van der Waals surface area contributed by atoms with Crippen LogP contribution in [0.1, 0.15) is 24.3 Å². The second-order valence-electron chi connectivity index (χ2n) is 5.49. The molecule has 0 aromatic carbocycles. The van der Waals surface area contributed by atoms with Crippen LogP contribution in [0.2, 0.25) is 0 Å². The van der Waals surface area contributed by atoms with E-state index in [2.05, 4.69) is 0 Å². The van der Waals surface area contributed by atoms with Crippen molar-refractivity contribution in [3.05, 3.63) is 22.4 Å². The van der Waals surface area contributed by atoms with Crippen LogP contribution in [0.3, 0.4) is 0 Å². The number of carbonyl (C=O) groups is 2. The van der Waals surface area contributed by atoms with Crippen molar-refractivity contribution in [3.63, 3.8) is 0 Å². The number of thiophene rings is 1. The summed E-state index contributed by atoms with van der Waals surface area (Å²) in [5, 5.41) is 2.02. The maximum Gasteiger partial charge on any atom is 0.228 e. The van der Waals surface area contributed by atoms with Gasteiger partial charge in [0, 0.05) is 30.9 Å². The smallest absolute Gasteiger partial charge is 0.228 e. The molecule has 2 atom stereocenters. The van der Waals surface area contributed by atoms with Crippen LogP contribution in [-0.4, -0.2) is 54.4 Å². The molecule has 1 aromatic rings. The average Bonchev–Trinajstić information content (AvgIpc) is 3.16. The molecule has 3 heterocycles. The summed E-state index contributed by atoms with van der Waals surface area (Å²) in [6.07, 6.45) is 0.329. The van der Waals surface area contributed by atoms with Gasteiger partial charge < -0.3 is 14.5 Å². The first-order valence-corrected chi connectivity index (χ1v) is 8.28. The number of nitrogens with zero attached hydrogens (tertiary/aromatic N) is 2. The van der Waals surface area contributed by atoms with Gasteiger partial charge in [-0.25, -0.2) is 0 Å². The maximum absolute atomic E-state index is 12.6. The van der Waals surface area contributed by atoms with E-state index in [1.54, 1.807) is 16.2 Å². The molecule has 2 amide bonds. The lowest BCUT2D eigenvalue weighted by molar-refractivity contribution is -0.143. The quantitative estimate of drug-likeness (QED) is 0.850. The molecule has 2 fully saturated rings. The van der Waals surface area contributed by atoms with E-state index < -0.39 is 0 Å². The van der Waals surface area contributed by atoms with Crippen LogP contribution < -0.4 is 0 Å². The molecule has 0 N–H and O–H groups in total. The molecule has 5 nitrogen and oxygen atoms in total. The van der Waals surface area contributed by atoms with Crippen molar-refractivity contribution >= 4 is 23.2 Å². The van der Waals surface area contributed by atoms with Crippen molar-refractivity contribution in [1.82, 2.24) is 9.80 Å². The van der Waals surface area contributed by atoms with Gasteiger partial charge in [0.15, 0.2) is 0 Å². The predicted octanol–water partition coefficient (Wildman–Crippen LogP) is 1.52. The summed E-state index contributed by atoms with van der Waals surface area (Å²) in [5.74, 6) is 0.0163. The van der Waals surface area contributed by atoms with Crippen LogP contribution >= 0.6 is 11.3 Å². The molecule has 0 bridgehead atoms. The molecule has 0 spiro atoms. The lowest BCUT2D eigenvalue weighted by Gasteiger charge is -2.34. The van der Waals surface area contributed by atoms with E-state index in [0.717, 1.165) is 4.88 Å². The molecule has 1 aromatic heterocycles. The Morgan fingerprint density at radius 2 is 2.33 bits per heavy atom. The maximum atomic E-state index is 12.6. The molecule has 114 valence electrons. The number of likely N-dealkylation sites (tertiary alicyclic amines) is 1. The summed E-state index contributed by atoms with van der Waals surface area (Å²) < 4.78 is 5.77. The third kappa shape index (κ3) is 2.96. The van der Waals surface area contributed by atoms with E-state index in [9.17, 15) is 9.59 Å². The summed E-state index contributed by atoms with van der Waals surface area (Å²) in [6, 6.07) is 4.04. The number of morpholine rings is 1. The van der Waals surface area contributed by atoms with Gasteiger partial charge in [0.25, 0.3) is 0 Å². The van der Waals surface area contributed by atoms with Gasteiger partial charge in [-0.2, -0.15) is 0 Å². The molecule has 2 aliphatic rings. The lowest BCUT2D eigenvalue weighted by atomic mass is 10.1. The first-order valence-electron chi connectivity index (χ1n) is 7.40. The largest absolute Gasteiger partial charge is 0.369 e. The van der Waals surface area contributed by atoms with Gasteiger partial charge in [-0.15, -0.1) is 11.3 Å². The zero-order valence-electron chi connectivity index (χ0n) is 12.2. The van der Waals surface area contributed by atoms with E-state index in [1.807, 2.05) is 29.3 Å². The predicted molar refractivity (Wildman–Crippen MR) is 80.0 cm³/mol. The number of hydrogen-bond donors (Lipinski definition) is 0. The Labute approximate surface area is 128 Å². The minimum absolute atomic E-state index is 0.0258. The molecule has 0 radical (unpaired) electrons. The molecule has 2 saturated heterocycles. The molecule has 6 heteroatoms. The van der Waals surface area contributed by atoms with Crippen molar-refractivity contribution in [1.29, 1.82) is 0 Å². The third-order valence-corrected chi connectivity index (χ3v) is 5.15. The first-order chi connectivity index (χ1) is 10.2. The SMILES string of the molecule is CCN1C[C@@H](C(=O)N2CCO[C@@H](c3cccs3)C2)CC1=O. The summed E-state index contributed by atoms with van der Waals surface area (Å²) in [7, 11) is 0. The van der Waals surface area contributed by atoms with Crippen molar-refractivity contribution in [2.24, 2.45) is 5.92 Å². The number of amides is 2. The molecule has 0 saturated carbocycles. The highest BCUT2D eigenvalue weighted by Crippen LogP contribution is 2.28. The van der Waals surface area contributed by atoms with Gasteiger partial charge >= 0.3 is 0 Å². The highest BCUT2D eigenvalue weighted by atomic mass is 32.1. The van der Waals surface area contributed by atoms with Crippen molar-refractivity contribution in [2.45, 2.75) is 19.4 Å². The zero-order chi connectivity index (χ0) is 14.8. The van der Waals surface area contributed by atoms with Gasteiger partial charge in [0.2, 0.25) is 11.8 Å². The summed E-state index contributed by atoms with van der Waals surface area (Å²) in [6.45, 7) is 4.98. The third-order valence-electron chi connectivity index (χ3n) is 4.18. The van der Waals surface area contributed by atoms with Crippen LogP contribution in [0, 0.1) is 5.92 Å². The summed E-state index contributed by atoms with van der Waals surface area (Å²) in [4.78, 5) is 29.2. The van der Waals surface area contributed by atoms with E-state index in [0.29, 0.717) is 39.2 Å². The van der Waals surface area contributed by atoms with Crippen molar-refractivity contribution in [3.8, 4) is 0 Å². The minimum Gasteiger partial charge on any atom is -0.369 e. The fourth-order valence-corrected chi connectivity index (χ4v) is 3.76. The number of carbonyl (C=O) groups excluding carboxylic acids is 2. The standard InChI is InChI=1S/C15H20N2O3S/c1-2-16-9-11(8-14(16)18)15(19)17-5-6-20-12(10-17)13-4-3-7-21-13/h3-4,7,11-12H,2,5-6,8-10H2,1H3/t11-,12+/m0/s1. The van der Waals surface area contributed by atoms with E-state index >= 15 is 0 Å². The minimum atomic E-state index is -0.181. The number of hydrogen-bond acceptors (Lipinski definition) is 4.